The summed E-state index contributed by atoms with van der Waals surface area (Å²) in [5.41, 5.74) is 13.6. The molecule has 0 saturated heterocycles. The Morgan fingerprint density at radius 3 is 2.34 bits per heavy atom. The fraction of sp³-hybridized carbons (Fsp3) is 0.304. The lowest BCUT2D eigenvalue weighted by molar-refractivity contribution is -0.142. The summed E-state index contributed by atoms with van der Waals surface area (Å²) in [6.45, 7) is 1.60. The van der Waals surface area contributed by atoms with Crippen molar-refractivity contribution in [3.8, 4) is 0 Å². The van der Waals surface area contributed by atoms with E-state index in [1.54, 1.807) is 25.4 Å². The summed E-state index contributed by atoms with van der Waals surface area (Å²) in [5, 5.41) is 22.7. The molecule has 8 N–H and O–H groups in total. The second-order valence-electron chi connectivity index (χ2n) is 8.43. The molecule has 15 nitrogen and oxygen atoms in total. The van der Waals surface area contributed by atoms with Gasteiger partial charge in [-0.1, -0.05) is 0 Å². The SMILES string of the molecule is CC(NC(=O)C(CCC(=O)O)NC(=O)c1ccc(N(C)Cc2cnc3nc(N)nc(N)c3n2)cc1)C(=O)O. The lowest BCUT2D eigenvalue weighted by Crippen LogP contribution is -2.50. The minimum atomic E-state index is -1.27. The van der Waals surface area contributed by atoms with Crippen molar-refractivity contribution >= 4 is 52.4 Å². The third kappa shape index (κ3) is 6.99. The Labute approximate surface area is 216 Å². The largest absolute Gasteiger partial charge is 0.481 e. The van der Waals surface area contributed by atoms with Gasteiger partial charge in [-0.05, 0) is 37.6 Å². The van der Waals surface area contributed by atoms with Crippen LogP contribution in [0, 0.1) is 0 Å². The monoisotopic (exact) mass is 525 g/mol. The molecule has 3 aromatic rings. The van der Waals surface area contributed by atoms with Gasteiger partial charge in [0, 0.05) is 24.7 Å². The molecule has 0 aliphatic heterocycles. The van der Waals surface area contributed by atoms with Crippen LogP contribution >= 0.6 is 0 Å². The first kappa shape index (κ1) is 27.5. The maximum atomic E-state index is 12.8. The van der Waals surface area contributed by atoms with E-state index in [1.165, 1.54) is 19.1 Å². The van der Waals surface area contributed by atoms with Crippen molar-refractivity contribution in [2.45, 2.75) is 38.4 Å². The predicted molar refractivity (Wildman–Crippen MR) is 136 cm³/mol. The van der Waals surface area contributed by atoms with Crippen LogP contribution in [0.3, 0.4) is 0 Å². The maximum absolute atomic E-state index is 12.8. The van der Waals surface area contributed by atoms with Gasteiger partial charge in [0.2, 0.25) is 11.9 Å². The van der Waals surface area contributed by atoms with E-state index in [0.29, 0.717) is 17.8 Å². The smallest absolute Gasteiger partial charge is 0.325 e. The third-order valence-corrected chi connectivity index (χ3v) is 5.47. The van der Waals surface area contributed by atoms with E-state index in [-0.39, 0.29) is 29.4 Å². The van der Waals surface area contributed by atoms with Gasteiger partial charge in [0.25, 0.3) is 5.91 Å². The Morgan fingerprint density at radius 1 is 1.03 bits per heavy atom. The summed E-state index contributed by atoms with van der Waals surface area (Å²) in [7, 11) is 1.81. The number of fused-ring (bicyclic) bond motifs is 1. The zero-order valence-electron chi connectivity index (χ0n) is 20.6. The van der Waals surface area contributed by atoms with E-state index in [0.717, 1.165) is 5.69 Å². The van der Waals surface area contributed by atoms with Crippen LogP contribution in [0.4, 0.5) is 17.5 Å². The molecule has 2 unspecified atom stereocenters. The fourth-order valence-corrected chi connectivity index (χ4v) is 3.41. The lowest BCUT2D eigenvalue weighted by Gasteiger charge is -2.21. The Hall–Kier alpha value is -5.08. The number of nitrogens with zero attached hydrogens (tertiary/aromatic N) is 5. The van der Waals surface area contributed by atoms with Gasteiger partial charge >= 0.3 is 11.9 Å². The molecular formula is C23H27N9O6. The van der Waals surface area contributed by atoms with E-state index in [4.69, 9.17) is 21.7 Å². The fourth-order valence-electron chi connectivity index (χ4n) is 3.41. The van der Waals surface area contributed by atoms with Crippen LogP contribution in [0.25, 0.3) is 11.2 Å². The highest BCUT2D eigenvalue weighted by Crippen LogP contribution is 2.19. The molecule has 2 heterocycles. The number of carbonyl (C=O) groups is 4. The molecule has 200 valence electrons. The molecule has 38 heavy (non-hydrogen) atoms. The Bertz CT molecular complexity index is 1370. The molecule has 0 spiro atoms. The molecule has 0 aliphatic carbocycles. The van der Waals surface area contributed by atoms with Crippen molar-refractivity contribution in [2.24, 2.45) is 0 Å². The first-order valence-electron chi connectivity index (χ1n) is 11.4. The normalized spacial score (nSPS) is 12.4. The Kier molecular flexibility index (Phi) is 8.52. The molecule has 0 aliphatic rings. The standard InChI is InChI=1S/C23H27N9O6/c1-11(22(37)38)27-21(36)15(7-8-16(33)34)29-20(35)12-3-5-14(6-4-12)32(2)10-13-9-26-19-17(28-13)18(24)30-23(25)31-19/h3-6,9,11,15H,7-8,10H2,1-2H3,(H,27,36)(H,29,35)(H,33,34)(H,37,38)(H4,24,25,26,30,31). The van der Waals surface area contributed by atoms with Crippen molar-refractivity contribution in [3.63, 3.8) is 0 Å². The highest BCUT2D eigenvalue weighted by Gasteiger charge is 2.25. The number of nitrogens with two attached hydrogens (primary N) is 2. The van der Waals surface area contributed by atoms with Crippen LogP contribution in [-0.2, 0) is 20.9 Å². The van der Waals surface area contributed by atoms with Gasteiger partial charge in [-0.2, -0.15) is 9.97 Å². The molecule has 0 radical (unpaired) electrons. The molecule has 2 aromatic heterocycles. The zero-order chi connectivity index (χ0) is 28.0. The minimum absolute atomic E-state index is 0.00180. The van der Waals surface area contributed by atoms with Gasteiger partial charge in [0.15, 0.2) is 17.0 Å². The quantitative estimate of drug-likeness (QED) is 0.190. The second-order valence-corrected chi connectivity index (χ2v) is 8.43. The highest BCUT2D eigenvalue weighted by atomic mass is 16.4. The number of carboxylic acids is 2. The number of carbonyl (C=O) groups excluding carboxylic acids is 2. The van der Waals surface area contributed by atoms with Crippen LogP contribution in [0.1, 0.15) is 35.8 Å². The molecule has 2 amide bonds. The predicted octanol–water partition coefficient (Wildman–Crippen LogP) is -0.227. The number of nitrogens with one attached hydrogen (secondary N) is 2. The number of aromatic nitrogens is 4. The Balaban J connectivity index is 1.68. The summed E-state index contributed by atoms with van der Waals surface area (Å²) in [4.78, 5) is 65.6. The lowest BCUT2D eigenvalue weighted by atomic mass is 10.1. The molecule has 2 atom stereocenters. The third-order valence-electron chi connectivity index (χ3n) is 5.47. The van der Waals surface area contributed by atoms with E-state index in [1.807, 2.05) is 4.90 Å². The van der Waals surface area contributed by atoms with Crippen molar-refractivity contribution in [1.82, 2.24) is 30.6 Å². The van der Waals surface area contributed by atoms with E-state index in [2.05, 4.69) is 30.6 Å². The van der Waals surface area contributed by atoms with Gasteiger partial charge in [-0.3, -0.25) is 19.2 Å². The van der Waals surface area contributed by atoms with Gasteiger partial charge < -0.3 is 37.2 Å². The van der Waals surface area contributed by atoms with Crippen molar-refractivity contribution in [3.05, 3.63) is 41.7 Å². The summed E-state index contributed by atoms with van der Waals surface area (Å²) in [6, 6.07) is 3.99. The van der Waals surface area contributed by atoms with Crippen LogP contribution in [0.15, 0.2) is 30.5 Å². The van der Waals surface area contributed by atoms with Gasteiger partial charge in [0.05, 0.1) is 18.4 Å². The number of carboxylic acid groups (broad SMARTS) is 2. The highest BCUT2D eigenvalue weighted by molar-refractivity contribution is 5.98. The number of rotatable bonds is 11. The van der Waals surface area contributed by atoms with Gasteiger partial charge in [0.1, 0.15) is 12.1 Å². The van der Waals surface area contributed by atoms with Crippen molar-refractivity contribution < 1.29 is 29.4 Å². The topological polar surface area (TPSA) is 240 Å². The van der Waals surface area contributed by atoms with E-state index >= 15 is 0 Å². The number of hydrogen-bond donors (Lipinski definition) is 6. The number of benzene rings is 1. The van der Waals surface area contributed by atoms with Crippen LogP contribution in [-0.4, -0.2) is 73.0 Å². The van der Waals surface area contributed by atoms with E-state index in [9.17, 15) is 19.2 Å². The summed E-state index contributed by atoms with van der Waals surface area (Å²) in [6.07, 6.45) is 0.932. The maximum Gasteiger partial charge on any atom is 0.325 e. The first-order chi connectivity index (χ1) is 17.9. The number of aliphatic carboxylic acids is 2. The minimum Gasteiger partial charge on any atom is -0.481 e. The molecule has 0 fully saturated rings. The first-order valence-corrected chi connectivity index (χ1v) is 11.4. The number of anilines is 3. The van der Waals surface area contributed by atoms with Gasteiger partial charge in [-0.15, -0.1) is 0 Å². The molecule has 1 aromatic carbocycles. The average Bonchev–Trinajstić information content (AvgIpc) is 2.86. The van der Waals surface area contributed by atoms with Crippen molar-refractivity contribution in [1.29, 1.82) is 0 Å². The van der Waals surface area contributed by atoms with Gasteiger partial charge in [-0.25, -0.2) is 9.97 Å². The van der Waals surface area contributed by atoms with E-state index < -0.39 is 42.3 Å². The Morgan fingerprint density at radius 2 is 1.71 bits per heavy atom. The number of nitrogen functional groups attached to an aromatic ring is 2. The van der Waals surface area contributed by atoms with Crippen molar-refractivity contribution in [2.75, 3.05) is 23.4 Å². The summed E-state index contributed by atoms with van der Waals surface area (Å²) >= 11 is 0. The van der Waals surface area contributed by atoms with Crippen LogP contribution in [0.5, 0.6) is 0 Å². The summed E-state index contributed by atoms with van der Waals surface area (Å²) in [5.74, 6) is -3.72. The number of hydrogen-bond acceptors (Lipinski definition) is 11. The zero-order valence-corrected chi connectivity index (χ0v) is 20.6. The van der Waals surface area contributed by atoms with Crippen LogP contribution < -0.4 is 27.0 Å². The number of amides is 2. The molecule has 0 bridgehead atoms. The molecule has 15 heteroatoms. The summed E-state index contributed by atoms with van der Waals surface area (Å²) < 4.78 is 0. The molecular weight excluding hydrogens is 498 g/mol. The molecule has 0 saturated carbocycles. The second kappa shape index (κ2) is 11.8. The molecule has 3 rings (SSSR count). The average molecular weight is 526 g/mol. The van der Waals surface area contributed by atoms with Crippen LogP contribution in [0.2, 0.25) is 0 Å².